The van der Waals surface area contributed by atoms with Crippen molar-refractivity contribution in [2.75, 3.05) is 20.2 Å². The quantitative estimate of drug-likeness (QED) is 0.480. The van der Waals surface area contributed by atoms with Crippen molar-refractivity contribution in [1.29, 1.82) is 0 Å². The Kier molecular flexibility index (Phi) is 7.92. The predicted octanol–water partition coefficient (Wildman–Crippen LogP) is 1.70. The van der Waals surface area contributed by atoms with Gasteiger partial charge in [-0.15, -0.1) is 6.58 Å². The first-order valence-corrected chi connectivity index (χ1v) is 10.8. The number of piperidine rings is 3. The molecule has 2 bridgehead atoms. The molecule has 5 N–H and O–H groups in total. The molecule has 10 heteroatoms. The molecule has 0 saturated carbocycles. The number of rotatable bonds is 4. The van der Waals surface area contributed by atoms with Crippen LogP contribution in [0.5, 0.6) is 5.75 Å². The van der Waals surface area contributed by atoms with Crippen LogP contribution in [0.15, 0.2) is 43.1 Å². The highest BCUT2D eigenvalue weighted by molar-refractivity contribution is 7.79. The molecular formula is C20H28N2O7S. The molecule has 3 aliphatic rings. The summed E-state index contributed by atoms with van der Waals surface area (Å²) in [4.78, 5) is 6.86. The van der Waals surface area contributed by atoms with E-state index >= 15 is 0 Å². The fraction of sp³-hybridized carbons (Fsp3) is 0.450. The maximum atomic E-state index is 11.2. The Balaban J connectivity index is 0.000000482. The molecule has 3 saturated heterocycles. The van der Waals surface area contributed by atoms with Gasteiger partial charge in [-0.1, -0.05) is 6.08 Å². The number of ether oxygens (including phenoxy) is 1. The number of hydrogen-bond acceptors (Lipinski definition) is 6. The zero-order valence-corrected chi connectivity index (χ0v) is 17.5. The van der Waals surface area contributed by atoms with E-state index in [4.69, 9.17) is 22.3 Å². The van der Waals surface area contributed by atoms with Gasteiger partial charge in [-0.3, -0.25) is 19.0 Å². The van der Waals surface area contributed by atoms with E-state index in [-0.39, 0.29) is 11.5 Å². The molecule has 2 aromatic rings. The Labute approximate surface area is 175 Å². The Morgan fingerprint density at radius 1 is 1.33 bits per heavy atom. The van der Waals surface area contributed by atoms with Gasteiger partial charge in [0.15, 0.2) is 0 Å². The molecule has 3 fully saturated rings. The molecule has 4 heterocycles. The molecule has 30 heavy (non-hydrogen) atoms. The van der Waals surface area contributed by atoms with E-state index < -0.39 is 16.5 Å². The third-order valence-electron chi connectivity index (χ3n) is 5.82. The van der Waals surface area contributed by atoms with Gasteiger partial charge < -0.3 is 15.3 Å². The van der Waals surface area contributed by atoms with Gasteiger partial charge in [-0.2, -0.15) is 8.42 Å². The average Bonchev–Trinajstić information content (AvgIpc) is 2.71. The second kappa shape index (κ2) is 9.82. The van der Waals surface area contributed by atoms with Crippen molar-refractivity contribution in [3.05, 3.63) is 48.7 Å². The molecule has 1 aromatic heterocycles. The Morgan fingerprint density at radius 3 is 2.60 bits per heavy atom. The van der Waals surface area contributed by atoms with Gasteiger partial charge in [0.2, 0.25) is 0 Å². The van der Waals surface area contributed by atoms with Crippen molar-refractivity contribution < 1.29 is 32.8 Å². The minimum Gasteiger partial charge on any atom is -0.497 e. The largest absolute Gasteiger partial charge is 0.497 e. The molecule has 2 unspecified atom stereocenters. The summed E-state index contributed by atoms with van der Waals surface area (Å²) in [6, 6.07) is 7.96. The first-order chi connectivity index (χ1) is 13.7. The molecule has 0 amide bonds. The van der Waals surface area contributed by atoms with E-state index in [2.05, 4.69) is 22.5 Å². The summed E-state index contributed by atoms with van der Waals surface area (Å²) >= 11 is 0. The number of benzene rings is 1. The van der Waals surface area contributed by atoms with Crippen molar-refractivity contribution in [2.24, 2.45) is 11.8 Å². The van der Waals surface area contributed by atoms with E-state index in [0.29, 0.717) is 11.8 Å². The lowest BCUT2D eigenvalue weighted by Gasteiger charge is -2.50. The van der Waals surface area contributed by atoms with E-state index in [1.54, 1.807) is 13.3 Å². The monoisotopic (exact) mass is 440 g/mol. The summed E-state index contributed by atoms with van der Waals surface area (Å²) in [6.45, 7) is 6.07. The fourth-order valence-corrected chi connectivity index (χ4v) is 4.44. The van der Waals surface area contributed by atoms with Crippen molar-refractivity contribution in [2.45, 2.75) is 25.0 Å². The van der Waals surface area contributed by atoms with Gasteiger partial charge in [0, 0.05) is 24.2 Å². The van der Waals surface area contributed by atoms with Crippen LogP contribution in [-0.2, 0) is 10.4 Å². The van der Waals surface area contributed by atoms with E-state index in [1.165, 1.54) is 6.42 Å². The van der Waals surface area contributed by atoms with Crippen LogP contribution in [0.25, 0.3) is 10.9 Å². The number of methoxy groups -OCH3 is 1. The SMILES string of the molecule is C=C[C@@H]1CN2CCC1C[C@@H]2[C@H](O)c1ccnc2ccc(OC)cc12.O.O=S(=O)(O)O. The highest BCUT2D eigenvalue weighted by atomic mass is 32.3. The van der Waals surface area contributed by atoms with Crippen molar-refractivity contribution in [3.8, 4) is 5.75 Å². The first kappa shape index (κ1) is 24.2. The molecule has 3 aliphatic heterocycles. The molecule has 5 atom stereocenters. The number of aliphatic hydroxyl groups is 1. The average molecular weight is 441 g/mol. The Bertz CT molecular complexity index is 974. The van der Waals surface area contributed by atoms with Crippen LogP contribution in [-0.4, -0.2) is 64.2 Å². The number of hydrogen-bond donors (Lipinski definition) is 3. The molecule has 9 nitrogen and oxygen atoms in total. The fourth-order valence-electron chi connectivity index (χ4n) is 4.44. The molecular weight excluding hydrogens is 412 g/mol. The number of fused-ring (bicyclic) bond motifs is 4. The van der Waals surface area contributed by atoms with Gasteiger partial charge in [0.1, 0.15) is 5.75 Å². The summed E-state index contributed by atoms with van der Waals surface area (Å²) in [5.74, 6) is 2.01. The van der Waals surface area contributed by atoms with Gasteiger partial charge >= 0.3 is 10.4 Å². The van der Waals surface area contributed by atoms with E-state index in [9.17, 15) is 5.11 Å². The summed E-state index contributed by atoms with van der Waals surface area (Å²) in [7, 11) is -3.01. The third-order valence-corrected chi connectivity index (χ3v) is 5.82. The minimum absolute atomic E-state index is 0. The molecule has 166 valence electrons. The highest BCUT2D eigenvalue weighted by Crippen LogP contribution is 2.42. The summed E-state index contributed by atoms with van der Waals surface area (Å²) in [5, 5.41) is 12.1. The smallest absolute Gasteiger partial charge is 0.394 e. The molecule has 1 aromatic carbocycles. The minimum atomic E-state index is -4.67. The lowest BCUT2D eigenvalue weighted by molar-refractivity contribution is -0.0444. The number of nitrogens with zero attached hydrogens (tertiary/aromatic N) is 2. The van der Waals surface area contributed by atoms with Crippen LogP contribution >= 0.6 is 0 Å². The Morgan fingerprint density at radius 2 is 2.03 bits per heavy atom. The van der Waals surface area contributed by atoms with E-state index in [1.807, 2.05) is 24.3 Å². The van der Waals surface area contributed by atoms with Crippen molar-refractivity contribution >= 4 is 21.3 Å². The maximum absolute atomic E-state index is 11.2. The van der Waals surface area contributed by atoms with Gasteiger partial charge in [0.05, 0.1) is 18.7 Å². The highest BCUT2D eigenvalue weighted by Gasteiger charge is 2.42. The van der Waals surface area contributed by atoms with Crippen LogP contribution < -0.4 is 4.74 Å². The molecule has 0 spiro atoms. The second-order valence-corrected chi connectivity index (χ2v) is 8.32. The molecule has 5 rings (SSSR count). The number of pyridine rings is 1. The maximum Gasteiger partial charge on any atom is 0.394 e. The van der Waals surface area contributed by atoms with Gasteiger partial charge in [0.25, 0.3) is 0 Å². The number of aromatic nitrogens is 1. The second-order valence-electron chi connectivity index (χ2n) is 7.42. The zero-order valence-electron chi connectivity index (χ0n) is 16.7. The summed E-state index contributed by atoms with van der Waals surface area (Å²) in [5.41, 5.74) is 1.85. The standard InChI is InChI=1S/C20H24N2O2.H2O4S.H2O/c1-3-13-12-22-9-7-14(13)10-19(22)20(23)16-6-8-21-18-5-4-15(24-2)11-17(16)18;1-5(2,3)4;/h3-6,8,11,13-14,19-20,23H,1,7,9-10,12H2,2H3;(H2,1,2,3,4);1H2/t13-,14?,19-,20-;;/m1../s1. The van der Waals surface area contributed by atoms with E-state index in [0.717, 1.165) is 41.7 Å². The predicted molar refractivity (Wildman–Crippen MR) is 113 cm³/mol. The van der Waals surface area contributed by atoms with Crippen LogP contribution in [0.2, 0.25) is 0 Å². The van der Waals surface area contributed by atoms with Crippen LogP contribution in [0.3, 0.4) is 0 Å². The van der Waals surface area contributed by atoms with Crippen molar-refractivity contribution in [3.63, 3.8) is 0 Å². The summed E-state index contributed by atoms with van der Waals surface area (Å²) in [6.07, 6.45) is 5.62. The normalized spacial score (nSPS) is 26.1. The lowest BCUT2D eigenvalue weighted by Crippen LogP contribution is -2.54. The Hall–Kier alpha value is -2.08. The molecule has 0 radical (unpaired) electrons. The number of aliphatic hydroxyl groups excluding tert-OH is 1. The van der Waals surface area contributed by atoms with Gasteiger partial charge in [-0.25, -0.2) is 0 Å². The first-order valence-electron chi connectivity index (χ1n) is 9.38. The van der Waals surface area contributed by atoms with Crippen LogP contribution in [0.4, 0.5) is 0 Å². The third kappa shape index (κ3) is 5.54. The lowest BCUT2D eigenvalue weighted by atomic mass is 9.73. The van der Waals surface area contributed by atoms with Crippen molar-refractivity contribution in [1.82, 2.24) is 9.88 Å². The topological polar surface area (TPSA) is 152 Å². The summed E-state index contributed by atoms with van der Waals surface area (Å²) < 4.78 is 36.9. The van der Waals surface area contributed by atoms with Crippen LogP contribution in [0.1, 0.15) is 24.5 Å². The zero-order chi connectivity index (χ0) is 21.2. The van der Waals surface area contributed by atoms with Gasteiger partial charge in [-0.05, 0) is 61.1 Å². The molecule has 0 aliphatic carbocycles. The van der Waals surface area contributed by atoms with Crippen LogP contribution in [0, 0.1) is 11.8 Å².